The van der Waals surface area contributed by atoms with Gasteiger partial charge in [-0.05, 0) is 37.5 Å². The van der Waals surface area contributed by atoms with Crippen LogP contribution in [0.3, 0.4) is 0 Å². The Bertz CT molecular complexity index is 587. The first-order valence-corrected chi connectivity index (χ1v) is 8.33. The van der Waals surface area contributed by atoms with E-state index in [0.717, 1.165) is 25.9 Å². The summed E-state index contributed by atoms with van der Waals surface area (Å²) in [7, 11) is -3.44. The first-order chi connectivity index (χ1) is 9.01. The molecule has 0 saturated carbocycles. The fourth-order valence-corrected chi connectivity index (χ4v) is 5.46. The normalized spacial score (nSPS) is 27.7. The van der Waals surface area contributed by atoms with Crippen molar-refractivity contribution in [3.05, 3.63) is 28.8 Å². The van der Waals surface area contributed by atoms with E-state index in [1.54, 1.807) is 29.4 Å². The number of hydrogen-bond acceptors (Lipinski definition) is 3. The van der Waals surface area contributed by atoms with Crippen molar-refractivity contribution in [3.63, 3.8) is 0 Å². The number of rotatable bonds is 2. The quantitative estimate of drug-likeness (QED) is 0.906. The van der Waals surface area contributed by atoms with E-state index < -0.39 is 10.0 Å². The Morgan fingerprint density at radius 3 is 2.53 bits per heavy atom. The molecule has 1 aromatic rings. The molecule has 0 spiro atoms. The molecule has 0 radical (unpaired) electrons. The van der Waals surface area contributed by atoms with Gasteiger partial charge in [-0.15, -0.1) is 0 Å². The third-order valence-corrected chi connectivity index (χ3v) is 6.65. The molecule has 2 bridgehead atoms. The summed E-state index contributed by atoms with van der Waals surface area (Å²) in [5.41, 5.74) is 0.641. The van der Waals surface area contributed by atoms with Crippen molar-refractivity contribution >= 4 is 21.6 Å². The summed E-state index contributed by atoms with van der Waals surface area (Å²) in [5.74, 6) is 0. The van der Waals surface area contributed by atoms with Crippen LogP contribution in [0.4, 0.5) is 0 Å². The average Bonchev–Trinajstić information content (AvgIpc) is 2.64. The van der Waals surface area contributed by atoms with Crippen molar-refractivity contribution in [2.24, 2.45) is 0 Å². The lowest BCUT2D eigenvalue weighted by atomic mass is 10.2. The van der Waals surface area contributed by atoms with E-state index >= 15 is 0 Å². The molecule has 0 aromatic heterocycles. The summed E-state index contributed by atoms with van der Waals surface area (Å²) in [6.07, 6.45) is 1.88. The number of benzene rings is 1. The lowest BCUT2D eigenvalue weighted by Gasteiger charge is -2.34. The predicted molar refractivity (Wildman–Crippen MR) is 74.9 cm³/mol. The molecule has 6 heteroatoms. The molecular weight excluding hydrogens is 284 g/mol. The van der Waals surface area contributed by atoms with E-state index in [9.17, 15) is 8.42 Å². The summed E-state index contributed by atoms with van der Waals surface area (Å²) < 4.78 is 27.4. The molecule has 0 amide bonds. The molecule has 2 saturated heterocycles. The second-order valence-electron chi connectivity index (χ2n) is 5.24. The van der Waals surface area contributed by atoms with E-state index in [2.05, 4.69) is 5.32 Å². The summed E-state index contributed by atoms with van der Waals surface area (Å²) in [5, 5.41) is 3.80. The third kappa shape index (κ3) is 2.09. The van der Waals surface area contributed by atoms with Gasteiger partial charge < -0.3 is 5.32 Å². The monoisotopic (exact) mass is 300 g/mol. The summed E-state index contributed by atoms with van der Waals surface area (Å²) in [6, 6.07) is 5.25. The first-order valence-electron chi connectivity index (χ1n) is 6.51. The van der Waals surface area contributed by atoms with Crippen LogP contribution in [-0.2, 0) is 10.0 Å². The summed E-state index contributed by atoms with van der Waals surface area (Å²) in [4.78, 5) is 0.346. The molecule has 2 fully saturated rings. The Kier molecular flexibility index (Phi) is 3.33. The topological polar surface area (TPSA) is 49.4 Å². The Morgan fingerprint density at radius 2 is 1.89 bits per heavy atom. The Hall–Kier alpha value is -0.620. The zero-order chi connectivity index (χ0) is 13.6. The maximum Gasteiger partial charge on any atom is 0.243 e. The Morgan fingerprint density at radius 1 is 1.26 bits per heavy atom. The van der Waals surface area contributed by atoms with Crippen molar-refractivity contribution in [1.29, 1.82) is 0 Å². The highest BCUT2D eigenvalue weighted by Gasteiger charge is 2.44. The van der Waals surface area contributed by atoms with Crippen LogP contribution in [0, 0.1) is 6.92 Å². The average molecular weight is 301 g/mol. The molecular formula is C13H17ClN2O2S. The minimum absolute atomic E-state index is 0.0853. The molecule has 3 rings (SSSR count). The van der Waals surface area contributed by atoms with Gasteiger partial charge in [-0.1, -0.05) is 17.7 Å². The van der Waals surface area contributed by atoms with Crippen LogP contribution < -0.4 is 5.32 Å². The zero-order valence-corrected chi connectivity index (χ0v) is 12.3. The fourth-order valence-electron chi connectivity index (χ4n) is 3.11. The highest BCUT2D eigenvalue weighted by atomic mass is 35.5. The second-order valence-corrected chi connectivity index (χ2v) is 7.46. The first kappa shape index (κ1) is 13.4. The summed E-state index contributed by atoms with van der Waals surface area (Å²) in [6.45, 7) is 3.25. The van der Waals surface area contributed by atoms with Gasteiger partial charge in [0.1, 0.15) is 0 Å². The van der Waals surface area contributed by atoms with Crippen molar-refractivity contribution in [2.75, 3.05) is 13.1 Å². The van der Waals surface area contributed by atoms with Crippen LogP contribution in [0.5, 0.6) is 0 Å². The number of nitrogens with one attached hydrogen (secondary N) is 1. The smallest absolute Gasteiger partial charge is 0.243 e. The molecule has 19 heavy (non-hydrogen) atoms. The molecule has 2 unspecified atom stereocenters. The number of fused-ring (bicyclic) bond motifs is 2. The SMILES string of the molecule is Cc1c(Cl)cccc1S(=O)(=O)N1C2CCC1CNC2. The number of hydrogen-bond donors (Lipinski definition) is 1. The molecule has 2 heterocycles. The van der Waals surface area contributed by atoms with Gasteiger partial charge in [0.05, 0.1) is 4.90 Å². The lowest BCUT2D eigenvalue weighted by molar-refractivity contribution is 0.263. The maximum absolute atomic E-state index is 12.9. The molecule has 2 aliphatic heterocycles. The number of sulfonamides is 1. The molecule has 1 aromatic carbocycles. The van der Waals surface area contributed by atoms with Crippen molar-refractivity contribution in [3.8, 4) is 0 Å². The third-order valence-electron chi connectivity index (χ3n) is 4.09. The van der Waals surface area contributed by atoms with Crippen LogP contribution >= 0.6 is 11.6 Å². The van der Waals surface area contributed by atoms with Crippen LogP contribution in [0.2, 0.25) is 5.02 Å². The fraction of sp³-hybridized carbons (Fsp3) is 0.538. The van der Waals surface area contributed by atoms with Crippen molar-refractivity contribution < 1.29 is 8.42 Å². The molecule has 2 aliphatic rings. The Labute approximate surface area is 118 Å². The van der Waals surface area contributed by atoms with Gasteiger partial charge in [-0.25, -0.2) is 8.42 Å². The van der Waals surface area contributed by atoms with E-state index in [0.29, 0.717) is 15.5 Å². The number of nitrogens with zero attached hydrogens (tertiary/aromatic N) is 1. The van der Waals surface area contributed by atoms with Gasteiger partial charge in [0.2, 0.25) is 10.0 Å². The molecule has 0 aliphatic carbocycles. The van der Waals surface area contributed by atoms with E-state index in [1.165, 1.54) is 0 Å². The standard InChI is InChI=1S/C13H17ClN2O2S/c1-9-12(14)3-2-4-13(9)19(17,18)16-10-5-6-11(16)8-15-7-10/h2-4,10-11,15H,5-8H2,1H3. The largest absolute Gasteiger partial charge is 0.314 e. The number of halogens is 1. The van der Waals surface area contributed by atoms with Crippen molar-refractivity contribution in [1.82, 2.24) is 9.62 Å². The van der Waals surface area contributed by atoms with Crippen molar-refractivity contribution in [2.45, 2.75) is 36.7 Å². The molecule has 4 nitrogen and oxygen atoms in total. The van der Waals surface area contributed by atoms with Gasteiger partial charge in [0.15, 0.2) is 0 Å². The predicted octanol–water partition coefficient (Wildman–Crippen LogP) is 1.77. The van der Waals surface area contributed by atoms with Gasteiger partial charge in [-0.3, -0.25) is 0 Å². The highest BCUT2D eigenvalue weighted by Crippen LogP contribution is 2.34. The zero-order valence-electron chi connectivity index (χ0n) is 10.8. The van der Waals surface area contributed by atoms with Crippen LogP contribution in [0.25, 0.3) is 0 Å². The minimum Gasteiger partial charge on any atom is -0.314 e. The van der Waals surface area contributed by atoms with Gasteiger partial charge >= 0.3 is 0 Å². The van der Waals surface area contributed by atoms with E-state index in [-0.39, 0.29) is 12.1 Å². The van der Waals surface area contributed by atoms with Gasteiger partial charge in [0, 0.05) is 30.2 Å². The van der Waals surface area contributed by atoms with Gasteiger partial charge in [-0.2, -0.15) is 4.31 Å². The summed E-state index contributed by atoms with van der Waals surface area (Å²) >= 11 is 6.05. The second kappa shape index (κ2) is 4.74. The van der Waals surface area contributed by atoms with Gasteiger partial charge in [0.25, 0.3) is 0 Å². The highest BCUT2D eigenvalue weighted by molar-refractivity contribution is 7.89. The van der Waals surface area contributed by atoms with E-state index in [1.807, 2.05) is 0 Å². The lowest BCUT2D eigenvalue weighted by Crippen LogP contribution is -2.54. The molecule has 2 atom stereocenters. The molecule has 104 valence electrons. The van der Waals surface area contributed by atoms with E-state index in [4.69, 9.17) is 11.6 Å². The van der Waals surface area contributed by atoms with Crippen LogP contribution in [-0.4, -0.2) is 37.9 Å². The van der Waals surface area contributed by atoms with Crippen LogP contribution in [0.1, 0.15) is 18.4 Å². The van der Waals surface area contributed by atoms with Crippen LogP contribution in [0.15, 0.2) is 23.1 Å². The Balaban J connectivity index is 2.06. The number of piperazine rings is 1. The minimum atomic E-state index is -3.44. The molecule has 1 N–H and O–H groups in total. The maximum atomic E-state index is 12.9.